The van der Waals surface area contributed by atoms with Crippen molar-refractivity contribution in [2.45, 2.75) is 0 Å². The predicted molar refractivity (Wildman–Crippen MR) is 207 cm³/mol. The van der Waals surface area contributed by atoms with Crippen LogP contribution < -0.4 is 0 Å². The summed E-state index contributed by atoms with van der Waals surface area (Å²) in [5.41, 5.74) is 9.18. The zero-order chi connectivity index (χ0) is 33.4. The average Bonchev–Trinajstić information content (AvgIpc) is 3.73. The van der Waals surface area contributed by atoms with Crippen molar-refractivity contribution >= 4 is 44.5 Å². The minimum atomic E-state index is 0.617. The summed E-state index contributed by atoms with van der Waals surface area (Å²) in [6, 6.07) is 54.0. The van der Waals surface area contributed by atoms with Gasteiger partial charge in [-0.05, 0) is 36.4 Å². The summed E-state index contributed by atoms with van der Waals surface area (Å²) in [5.74, 6) is 1.89. The van der Waals surface area contributed by atoms with E-state index in [2.05, 4.69) is 125 Å². The van der Waals surface area contributed by atoms with Gasteiger partial charge in [-0.3, -0.25) is 0 Å². The normalized spacial score (nSPS) is 11.6. The molecule has 0 aliphatic heterocycles. The molecule has 0 unspecified atom stereocenters. The number of allylic oxidation sites excluding steroid dienone is 2. The molecule has 0 spiro atoms. The molecule has 5 nitrogen and oxygen atoms in total. The van der Waals surface area contributed by atoms with Gasteiger partial charge in [0.2, 0.25) is 0 Å². The van der Waals surface area contributed by atoms with Gasteiger partial charge in [-0.2, -0.15) is 0 Å². The highest BCUT2D eigenvalue weighted by Crippen LogP contribution is 2.35. The first-order valence-corrected chi connectivity index (χ1v) is 16.6. The average molecular weight is 642 g/mol. The number of rotatable bonds is 7. The van der Waals surface area contributed by atoms with Crippen LogP contribution in [0.3, 0.4) is 0 Å². The molecule has 0 saturated carbocycles. The van der Waals surface area contributed by atoms with Crippen molar-refractivity contribution in [3.05, 3.63) is 182 Å². The molecular formula is C45H31N5. The Bertz CT molecular complexity index is 2650. The third-order valence-electron chi connectivity index (χ3n) is 9.15. The zero-order valence-corrected chi connectivity index (χ0v) is 27.2. The van der Waals surface area contributed by atoms with Gasteiger partial charge < -0.3 is 9.13 Å². The molecule has 0 aliphatic rings. The van der Waals surface area contributed by atoms with Crippen LogP contribution in [0.5, 0.6) is 0 Å². The van der Waals surface area contributed by atoms with E-state index in [0.29, 0.717) is 17.5 Å². The standard InChI is InChI=1S/C45H31N5/c1-31(25-26-35-30-49(36-19-9-4-10-20-36)40-23-13-11-21-37(35)40)50-41-24-14-12-22-38(41)39-28-27-34(29-42(39)50)45-47-43(32-15-5-2-6-16-32)46-44(48-45)33-17-7-3-8-18-33/h2-30H,1H2/b26-25-. The molecule has 6 aromatic carbocycles. The third-order valence-corrected chi connectivity index (χ3v) is 9.15. The lowest BCUT2D eigenvalue weighted by Gasteiger charge is -2.10. The molecule has 5 heteroatoms. The maximum atomic E-state index is 5.00. The summed E-state index contributed by atoms with van der Waals surface area (Å²) in [6.07, 6.45) is 6.47. The first-order valence-electron chi connectivity index (χ1n) is 16.6. The lowest BCUT2D eigenvalue weighted by atomic mass is 10.1. The maximum absolute atomic E-state index is 5.00. The topological polar surface area (TPSA) is 48.5 Å². The van der Waals surface area contributed by atoms with Crippen LogP contribution >= 0.6 is 0 Å². The highest BCUT2D eigenvalue weighted by molar-refractivity contribution is 6.11. The minimum absolute atomic E-state index is 0.617. The Labute approximate surface area is 289 Å². The van der Waals surface area contributed by atoms with Gasteiger partial charge in [-0.15, -0.1) is 0 Å². The van der Waals surface area contributed by atoms with Gasteiger partial charge in [0.05, 0.1) is 16.6 Å². The van der Waals surface area contributed by atoms with Crippen molar-refractivity contribution in [3.63, 3.8) is 0 Å². The van der Waals surface area contributed by atoms with E-state index in [1.165, 1.54) is 5.39 Å². The molecule has 0 atom stereocenters. The van der Waals surface area contributed by atoms with E-state index < -0.39 is 0 Å². The van der Waals surface area contributed by atoms with E-state index in [1.807, 2.05) is 66.7 Å². The Hall–Kier alpha value is -6.85. The summed E-state index contributed by atoms with van der Waals surface area (Å²) in [6.45, 7) is 4.60. The van der Waals surface area contributed by atoms with Crippen LogP contribution in [0.2, 0.25) is 0 Å². The number of aromatic nitrogens is 5. The fourth-order valence-corrected chi connectivity index (χ4v) is 6.76. The van der Waals surface area contributed by atoms with Crippen molar-refractivity contribution in [3.8, 4) is 39.9 Å². The second-order valence-corrected chi connectivity index (χ2v) is 12.3. The molecule has 236 valence electrons. The van der Waals surface area contributed by atoms with Crippen molar-refractivity contribution in [2.24, 2.45) is 0 Å². The Morgan fingerprint density at radius 1 is 0.480 bits per heavy atom. The quantitative estimate of drug-likeness (QED) is 0.163. The number of hydrogen-bond donors (Lipinski definition) is 0. The van der Waals surface area contributed by atoms with Gasteiger partial charge in [0.15, 0.2) is 17.5 Å². The zero-order valence-electron chi connectivity index (χ0n) is 27.2. The van der Waals surface area contributed by atoms with Crippen LogP contribution in [0, 0.1) is 0 Å². The van der Waals surface area contributed by atoms with E-state index in [0.717, 1.165) is 61.0 Å². The number of fused-ring (bicyclic) bond motifs is 4. The molecule has 3 heterocycles. The van der Waals surface area contributed by atoms with Gasteiger partial charge in [0.1, 0.15) is 0 Å². The molecule has 0 aliphatic carbocycles. The van der Waals surface area contributed by atoms with Gasteiger partial charge in [-0.1, -0.05) is 140 Å². The fourth-order valence-electron chi connectivity index (χ4n) is 6.76. The van der Waals surface area contributed by atoms with E-state index >= 15 is 0 Å². The maximum Gasteiger partial charge on any atom is 0.164 e. The van der Waals surface area contributed by atoms with Crippen LogP contribution in [-0.2, 0) is 0 Å². The molecule has 9 rings (SSSR count). The molecule has 0 amide bonds. The molecule has 0 fully saturated rings. The van der Waals surface area contributed by atoms with Crippen molar-refractivity contribution < 1.29 is 0 Å². The number of nitrogens with zero attached hydrogens (tertiary/aromatic N) is 5. The van der Waals surface area contributed by atoms with E-state index in [1.54, 1.807) is 0 Å². The minimum Gasteiger partial charge on any atom is -0.316 e. The second-order valence-electron chi connectivity index (χ2n) is 12.3. The SMILES string of the molecule is C=C(/C=C\c1cn(-c2ccccc2)c2ccccc12)n1c2ccccc2c2ccc(-c3nc(-c4ccccc4)nc(-c4ccccc4)n3)cc21. The smallest absolute Gasteiger partial charge is 0.164 e. The summed E-state index contributed by atoms with van der Waals surface area (Å²) >= 11 is 0. The molecule has 3 aromatic heterocycles. The van der Waals surface area contributed by atoms with Gasteiger partial charge in [-0.25, -0.2) is 15.0 Å². The summed E-state index contributed by atoms with van der Waals surface area (Å²) in [5, 5.41) is 3.48. The van der Waals surface area contributed by atoms with Crippen molar-refractivity contribution in [1.29, 1.82) is 0 Å². The summed E-state index contributed by atoms with van der Waals surface area (Å²) in [7, 11) is 0. The summed E-state index contributed by atoms with van der Waals surface area (Å²) < 4.78 is 4.48. The largest absolute Gasteiger partial charge is 0.316 e. The number of benzene rings is 6. The third kappa shape index (κ3) is 5.18. The lowest BCUT2D eigenvalue weighted by Crippen LogP contribution is -2.00. The van der Waals surface area contributed by atoms with Gasteiger partial charge in [0.25, 0.3) is 0 Å². The lowest BCUT2D eigenvalue weighted by molar-refractivity contribution is 1.07. The number of hydrogen-bond acceptors (Lipinski definition) is 3. The monoisotopic (exact) mass is 641 g/mol. The fraction of sp³-hybridized carbons (Fsp3) is 0. The van der Waals surface area contributed by atoms with Crippen LogP contribution in [0.4, 0.5) is 0 Å². The Morgan fingerprint density at radius 2 is 1.00 bits per heavy atom. The molecule has 9 aromatic rings. The molecular weight excluding hydrogens is 611 g/mol. The van der Waals surface area contributed by atoms with Crippen molar-refractivity contribution in [2.75, 3.05) is 0 Å². The molecule has 50 heavy (non-hydrogen) atoms. The van der Waals surface area contributed by atoms with E-state index in [9.17, 15) is 0 Å². The first kappa shape index (κ1) is 29.3. The summed E-state index contributed by atoms with van der Waals surface area (Å²) in [4.78, 5) is 14.9. The van der Waals surface area contributed by atoms with Crippen LogP contribution in [0.25, 0.3) is 84.3 Å². The molecule has 0 bridgehead atoms. The first-order chi connectivity index (χ1) is 24.7. The second kappa shape index (κ2) is 12.3. The van der Waals surface area contributed by atoms with Gasteiger partial charge in [0, 0.05) is 56.0 Å². The molecule has 0 N–H and O–H groups in total. The Kier molecular flexibility index (Phi) is 7.21. The highest BCUT2D eigenvalue weighted by atomic mass is 15.0. The Morgan fingerprint density at radius 3 is 1.66 bits per heavy atom. The van der Waals surface area contributed by atoms with Crippen LogP contribution in [-0.4, -0.2) is 24.1 Å². The predicted octanol–water partition coefficient (Wildman–Crippen LogP) is 11.1. The highest BCUT2D eigenvalue weighted by Gasteiger charge is 2.17. The van der Waals surface area contributed by atoms with Crippen molar-refractivity contribution in [1.82, 2.24) is 24.1 Å². The van der Waals surface area contributed by atoms with Crippen LogP contribution in [0.1, 0.15) is 5.56 Å². The van der Waals surface area contributed by atoms with E-state index in [4.69, 9.17) is 15.0 Å². The van der Waals surface area contributed by atoms with Crippen LogP contribution in [0.15, 0.2) is 177 Å². The van der Waals surface area contributed by atoms with E-state index in [-0.39, 0.29) is 0 Å². The number of para-hydroxylation sites is 3. The molecule has 0 radical (unpaired) electrons. The molecule has 0 saturated heterocycles. The Balaban J connectivity index is 1.17. The van der Waals surface area contributed by atoms with Gasteiger partial charge >= 0.3 is 0 Å².